The molecule has 1 heterocycles. The van der Waals surface area contributed by atoms with Crippen molar-refractivity contribution in [1.82, 2.24) is 9.71 Å². The van der Waals surface area contributed by atoms with Gasteiger partial charge in [-0.1, -0.05) is 13.3 Å². The fraction of sp³-hybridized carbons (Fsp3) is 0.643. The Balaban J connectivity index is 2.19. The van der Waals surface area contributed by atoms with Crippen LogP contribution >= 0.6 is 11.8 Å². The summed E-state index contributed by atoms with van der Waals surface area (Å²) in [5.74, 6) is 0. The Bertz CT molecular complexity index is 563. The van der Waals surface area contributed by atoms with Gasteiger partial charge in [-0.25, -0.2) is 18.1 Å². The maximum absolute atomic E-state index is 12.6. The Morgan fingerprint density at radius 1 is 1.43 bits per heavy atom. The number of pyridine rings is 1. The van der Waals surface area contributed by atoms with E-state index in [1.165, 1.54) is 6.20 Å². The summed E-state index contributed by atoms with van der Waals surface area (Å²) in [4.78, 5) is 4.08. The lowest BCUT2D eigenvalue weighted by atomic mass is 10.3. The van der Waals surface area contributed by atoms with Crippen molar-refractivity contribution < 1.29 is 8.42 Å². The lowest BCUT2D eigenvalue weighted by molar-refractivity contribution is 0.552. The van der Waals surface area contributed by atoms with Crippen molar-refractivity contribution >= 4 is 27.5 Å². The topological polar surface area (TPSA) is 71.1 Å². The molecule has 0 spiro atoms. The van der Waals surface area contributed by atoms with Crippen LogP contribution in [0.3, 0.4) is 0 Å². The van der Waals surface area contributed by atoms with E-state index in [-0.39, 0.29) is 11.1 Å². The summed E-state index contributed by atoms with van der Waals surface area (Å²) < 4.78 is 28.1. The molecule has 0 radical (unpaired) electrons. The van der Waals surface area contributed by atoms with Crippen LogP contribution in [-0.2, 0) is 10.0 Å². The fourth-order valence-corrected chi connectivity index (χ4v) is 5.04. The Hall–Kier alpha value is -0.790. The van der Waals surface area contributed by atoms with E-state index in [9.17, 15) is 8.42 Å². The van der Waals surface area contributed by atoms with Crippen LogP contribution in [0.1, 0.15) is 32.6 Å². The van der Waals surface area contributed by atoms with Gasteiger partial charge < -0.3 is 5.32 Å². The van der Waals surface area contributed by atoms with Crippen molar-refractivity contribution in [2.24, 2.45) is 0 Å². The maximum Gasteiger partial charge on any atom is 0.260 e. The highest BCUT2D eigenvalue weighted by molar-refractivity contribution is 7.99. The first-order valence-electron chi connectivity index (χ1n) is 7.32. The number of sulfonamides is 1. The van der Waals surface area contributed by atoms with Crippen LogP contribution in [0.4, 0.5) is 5.69 Å². The van der Waals surface area contributed by atoms with Crippen molar-refractivity contribution in [1.29, 1.82) is 0 Å². The summed E-state index contributed by atoms with van der Waals surface area (Å²) in [6.07, 6.45) is 7.52. The zero-order chi connectivity index (χ0) is 15.3. The van der Waals surface area contributed by atoms with Crippen molar-refractivity contribution in [2.75, 3.05) is 18.1 Å². The van der Waals surface area contributed by atoms with Crippen molar-refractivity contribution in [3.63, 3.8) is 0 Å². The van der Waals surface area contributed by atoms with Gasteiger partial charge in [0.05, 0.1) is 5.69 Å². The first-order chi connectivity index (χ1) is 10.1. The zero-order valence-corrected chi connectivity index (χ0v) is 14.1. The Kier molecular flexibility index (Phi) is 5.89. The summed E-state index contributed by atoms with van der Waals surface area (Å²) in [6, 6.07) is 3.51. The van der Waals surface area contributed by atoms with E-state index in [0.29, 0.717) is 10.9 Å². The Labute approximate surface area is 131 Å². The van der Waals surface area contributed by atoms with Gasteiger partial charge in [-0.3, -0.25) is 0 Å². The highest BCUT2D eigenvalue weighted by Crippen LogP contribution is 2.30. The highest BCUT2D eigenvalue weighted by atomic mass is 32.2. The normalized spacial score (nSPS) is 22.4. The lowest BCUT2D eigenvalue weighted by Crippen LogP contribution is -2.39. The molecule has 2 atom stereocenters. The number of hydrogen-bond acceptors (Lipinski definition) is 5. The van der Waals surface area contributed by atoms with E-state index in [2.05, 4.69) is 15.0 Å². The molecule has 5 nitrogen and oxygen atoms in total. The van der Waals surface area contributed by atoms with Gasteiger partial charge in [-0.2, -0.15) is 11.8 Å². The molecule has 1 aliphatic rings. The summed E-state index contributed by atoms with van der Waals surface area (Å²) in [7, 11) is -3.58. The quantitative estimate of drug-likeness (QED) is 0.804. The number of hydrogen-bond donors (Lipinski definition) is 2. The van der Waals surface area contributed by atoms with Gasteiger partial charge in [0.1, 0.15) is 0 Å². The molecule has 7 heteroatoms. The predicted octanol–water partition coefficient (Wildman–Crippen LogP) is 2.47. The van der Waals surface area contributed by atoms with E-state index in [0.717, 1.165) is 32.2 Å². The number of nitrogens with zero attached hydrogens (tertiary/aromatic N) is 1. The average molecular weight is 329 g/mol. The lowest BCUT2D eigenvalue weighted by Gasteiger charge is -2.20. The molecule has 0 aromatic carbocycles. The third-order valence-electron chi connectivity index (χ3n) is 3.65. The molecule has 1 aliphatic carbocycles. The molecule has 0 aliphatic heterocycles. The van der Waals surface area contributed by atoms with Crippen LogP contribution in [0.2, 0.25) is 0 Å². The van der Waals surface area contributed by atoms with E-state index in [1.54, 1.807) is 23.9 Å². The van der Waals surface area contributed by atoms with Gasteiger partial charge in [0.15, 0.2) is 5.03 Å². The minimum absolute atomic E-state index is 0.00558. The molecular weight excluding hydrogens is 306 g/mol. The zero-order valence-electron chi connectivity index (χ0n) is 12.5. The third-order valence-corrected chi connectivity index (χ3v) is 6.27. The second kappa shape index (κ2) is 7.47. The number of thioether (sulfide) groups is 1. The van der Waals surface area contributed by atoms with Gasteiger partial charge in [-0.05, 0) is 37.7 Å². The smallest absolute Gasteiger partial charge is 0.260 e. The van der Waals surface area contributed by atoms with E-state index < -0.39 is 10.0 Å². The van der Waals surface area contributed by atoms with E-state index in [4.69, 9.17) is 0 Å². The van der Waals surface area contributed by atoms with Crippen molar-refractivity contribution in [3.05, 3.63) is 18.3 Å². The summed E-state index contributed by atoms with van der Waals surface area (Å²) in [5.41, 5.74) is 0.575. The molecule has 1 saturated carbocycles. The molecule has 0 saturated heterocycles. The molecule has 2 rings (SSSR count). The van der Waals surface area contributed by atoms with Crippen LogP contribution in [0.15, 0.2) is 23.4 Å². The first kappa shape index (κ1) is 16.6. The predicted molar refractivity (Wildman–Crippen MR) is 88.3 cm³/mol. The minimum atomic E-state index is -3.58. The van der Waals surface area contributed by atoms with Crippen LogP contribution in [0.5, 0.6) is 0 Å². The SMILES string of the molecule is CCCNc1cccnc1S(=O)(=O)NC1CCCC1SC. The van der Waals surface area contributed by atoms with Gasteiger partial charge >= 0.3 is 0 Å². The monoisotopic (exact) mass is 329 g/mol. The number of rotatable bonds is 7. The summed E-state index contributed by atoms with van der Waals surface area (Å²) in [6.45, 7) is 2.77. The first-order valence-corrected chi connectivity index (χ1v) is 10.1. The average Bonchev–Trinajstić information content (AvgIpc) is 2.91. The molecule has 1 aromatic rings. The highest BCUT2D eigenvalue weighted by Gasteiger charge is 2.32. The van der Waals surface area contributed by atoms with Gasteiger partial charge in [0, 0.05) is 24.0 Å². The molecule has 2 unspecified atom stereocenters. The largest absolute Gasteiger partial charge is 0.383 e. The Morgan fingerprint density at radius 3 is 2.95 bits per heavy atom. The summed E-state index contributed by atoms with van der Waals surface area (Å²) in [5, 5.41) is 3.59. The van der Waals surface area contributed by atoms with Gasteiger partial charge in [-0.15, -0.1) is 0 Å². The number of aromatic nitrogens is 1. The van der Waals surface area contributed by atoms with Gasteiger partial charge in [0.25, 0.3) is 10.0 Å². The fourth-order valence-electron chi connectivity index (χ4n) is 2.60. The molecule has 118 valence electrons. The van der Waals surface area contributed by atoms with Gasteiger partial charge in [0.2, 0.25) is 0 Å². The van der Waals surface area contributed by atoms with Crippen LogP contribution in [0, 0.1) is 0 Å². The second-order valence-corrected chi connectivity index (χ2v) is 7.92. The molecule has 0 amide bonds. The van der Waals surface area contributed by atoms with Crippen molar-refractivity contribution in [2.45, 2.75) is 48.9 Å². The Morgan fingerprint density at radius 2 is 2.24 bits per heavy atom. The van der Waals surface area contributed by atoms with E-state index >= 15 is 0 Å². The number of nitrogens with one attached hydrogen (secondary N) is 2. The van der Waals surface area contributed by atoms with Crippen LogP contribution < -0.4 is 10.0 Å². The third kappa shape index (κ3) is 4.11. The maximum atomic E-state index is 12.6. The van der Waals surface area contributed by atoms with Crippen LogP contribution in [-0.4, -0.2) is 37.5 Å². The minimum Gasteiger partial charge on any atom is -0.383 e. The second-order valence-electron chi connectivity index (χ2n) is 5.22. The van der Waals surface area contributed by atoms with Crippen LogP contribution in [0.25, 0.3) is 0 Å². The molecular formula is C14H23N3O2S2. The summed E-state index contributed by atoms with van der Waals surface area (Å²) >= 11 is 1.73. The molecule has 1 fully saturated rings. The molecule has 21 heavy (non-hydrogen) atoms. The number of anilines is 1. The standard InChI is InChI=1S/C14H23N3O2S2/c1-3-9-15-12-7-5-10-16-14(12)21(18,19)17-11-6-4-8-13(11)20-2/h5,7,10-11,13,15,17H,3-4,6,8-9H2,1-2H3. The van der Waals surface area contributed by atoms with Crippen molar-refractivity contribution in [3.8, 4) is 0 Å². The molecule has 1 aromatic heterocycles. The molecule has 0 bridgehead atoms. The molecule has 2 N–H and O–H groups in total. The van der Waals surface area contributed by atoms with E-state index in [1.807, 2.05) is 13.2 Å².